The minimum absolute atomic E-state index is 0.116. The number of carbonyl (C=O) groups excluding carboxylic acids is 1. The van der Waals surface area contributed by atoms with Crippen molar-refractivity contribution in [3.8, 4) is 0 Å². The van der Waals surface area contributed by atoms with Crippen LogP contribution >= 0.6 is 11.6 Å². The Morgan fingerprint density at radius 2 is 1.88 bits per heavy atom. The Morgan fingerprint density at radius 1 is 1.20 bits per heavy atom. The van der Waals surface area contributed by atoms with Crippen molar-refractivity contribution >= 4 is 23.3 Å². The number of piperazine rings is 1. The van der Waals surface area contributed by atoms with Gasteiger partial charge in [-0.05, 0) is 18.2 Å². The number of hydrogen-bond donors (Lipinski definition) is 0. The van der Waals surface area contributed by atoms with Crippen molar-refractivity contribution in [3.05, 3.63) is 46.9 Å². The number of hydrogen-bond acceptors (Lipinski definition) is 3. The molecule has 2 aromatic rings. The zero-order valence-electron chi connectivity index (χ0n) is 13.4. The van der Waals surface area contributed by atoms with Crippen LogP contribution in [0.5, 0.6) is 0 Å². The molecule has 0 bridgehead atoms. The fourth-order valence-electron chi connectivity index (χ4n) is 2.78. The summed E-state index contributed by atoms with van der Waals surface area (Å²) in [6, 6.07) is 4.00. The van der Waals surface area contributed by atoms with Crippen molar-refractivity contribution in [2.24, 2.45) is 7.05 Å². The van der Waals surface area contributed by atoms with Gasteiger partial charge in [0.2, 0.25) is 0 Å². The SMILES string of the molecule is Cn1cc(Cl)cc1C(=O)N1CCN(c2ccc(C(F)(F)F)cn2)CC1. The van der Waals surface area contributed by atoms with Gasteiger partial charge in [0.1, 0.15) is 11.5 Å². The zero-order chi connectivity index (χ0) is 18.2. The molecule has 1 amide bonds. The van der Waals surface area contributed by atoms with Gasteiger partial charge in [0.15, 0.2) is 0 Å². The van der Waals surface area contributed by atoms with Gasteiger partial charge in [-0.3, -0.25) is 4.79 Å². The number of aromatic nitrogens is 2. The first-order valence-corrected chi connectivity index (χ1v) is 8.03. The molecule has 0 spiro atoms. The molecule has 3 rings (SSSR count). The Kier molecular flexibility index (Phi) is 4.64. The molecular formula is C16H16ClF3N4O. The molecule has 0 N–H and O–H groups in total. The van der Waals surface area contributed by atoms with Crippen LogP contribution in [0.4, 0.5) is 19.0 Å². The summed E-state index contributed by atoms with van der Waals surface area (Å²) in [5, 5.41) is 0.499. The van der Waals surface area contributed by atoms with E-state index in [0.717, 1.165) is 12.3 Å². The summed E-state index contributed by atoms with van der Waals surface area (Å²) in [6.07, 6.45) is -1.90. The number of alkyl halides is 3. The maximum Gasteiger partial charge on any atom is 0.417 e. The monoisotopic (exact) mass is 372 g/mol. The number of halogens is 4. The van der Waals surface area contributed by atoms with Gasteiger partial charge in [-0.25, -0.2) is 4.98 Å². The Bertz CT molecular complexity index is 765. The average Bonchev–Trinajstić information content (AvgIpc) is 2.92. The Hall–Kier alpha value is -2.22. The molecule has 5 nitrogen and oxygen atoms in total. The fourth-order valence-corrected chi connectivity index (χ4v) is 3.03. The lowest BCUT2D eigenvalue weighted by molar-refractivity contribution is -0.137. The Balaban J connectivity index is 1.64. The third kappa shape index (κ3) is 3.73. The molecule has 1 aliphatic heterocycles. The summed E-state index contributed by atoms with van der Waals surface area (Å²) >= 11 is 5.91. The van der Waals surface area contributed by atoms with E-state index in [9.17, 15) is 18.0 Å². The second-order valence-electron chi connectivity index (χ2n) is 5.84. The van der Waals surface area contributed by atoms with Gasteiger partial charge in [0.05, 0.1) is 10.6 Å². The molecule has 1 saturated heterocycles. The van der Waals surface area contributed by atoms with E-state index in [0.29, 0.717) is 42.7 Å². The van der Waals surface area contributed by atoms with Gasteiger partial charge >= 0.3 is 6.18 Å². The minimum Gasteiger partial charge on any atom is -0.353 e. The molecule has 25 heavy (non-hydrogen) atoms. The van der Waals surface area contributed by atoms with Crippen molar-refractivity contribution in [1.82, 2.24) is 14.5 Å². The lowest BCUT2D eigenvalue weighted by Crippen LogP contribution is -2.49. The fraction of sp³-hybridized carbons (Fsp3) is 0.375. The van der Waals surface area contributed by atoms with E-state index in [4.69, 9.17) is 11.6 Å². The normalized spacial score (nSPS) is 15.6. The number of amides is 1. The second-order valence-corrected chi connectivity index (χ2v) is 6.27. The Morgan fingerprint density at radius 3 is 2.36 bits per heavy atom. The minimum atomic E-state index is -4.40. The first-order valence-electron chi connectivity index (χ1n) is 7.65. The van der Waals surface area contributed by atoms with Crippen LogP contribution in [0.2, 0.25) is 5.02 Å². The van der Waals surface area contributed by atoms with E-state index >= 15 is 0 Å². The standard InChI is InChI=1S/C16H16ClF3N4O/c1-22-10-12(17)8-13(22)15(25)24-6-4-23(5-7-24)14-3-2-11(9-21-14)16(18,19)20/h2-3,8-10H,4-7H2,1H3. The van der Waals surface area contributed by atoms with Crippen LogP contribution in [0, 0.1) is 0 Å². The van der Waals surface area contributed by atoms with Crippen molar-refractivity contribution < 1.29 is 18.0 Å². The first-order chi connectivity index (χ1) is 11.8. The lowest BCUT2D eigenvalue weighted by atomic mass is 10.2. The second kappa shape index (κ2) is 6.59. The smallest absolute Gasteiger partial charge is 0.353 e. The highest BCUT2D eigenvalue weighted by atomic mass is 35.5. The molecule has 0 saturated carbocycles. The van der Waals surface area contributed by atoms with E-state index in [1.165, 1.54) is 6.07 Å². The van der Waals surface area contributed by atoms with Crippen molar-refractivity contribution in [1.29, 1.82) is 0 Å². The maximum absolute atomic E-state index is 12.6. The van der Waals surface area contributed by atoms with Crippen molar-refractivity contribution in [3.63, 3.8) is 0 Å². The van der Waals surface area contributed by atoms with E-state index in [1.807, 2.05) is 4.90 Å². The molecule has 3 heterocycles. The summed E-state index contributed by atoms with van der Waals surface area (Å²) in [7, 11) is 1.75. The molecule has 1 aliphatic rings. The van der Waals surface area contributed by atoms with Gasteiger partial charge in [0.25, 0.3) is 5.91 Å². The van der Waals surface area contributed by atoms with Crippen LogP contribution in [-0.2, 0) is 13.2 Å². The molecule has 134 valence electrons. The van der Waals surface area contributed by atoms with Gasteiger partial charge in [-0.1, -0.05) is 11.6 Å². The van der Waals surface area contributed by atoms with Gasteiger partial charge in [0, 0.05) is 45.6 Å². The van der Waals surface area contributed by atoms with E-state index in [2.05, 4.69) is 4.98 Å². The predicted molar refractivity (Wildman–Crippen MR) is 87.8 cm³/mol. The molecule has 0 radical (unpaired) electrons. The lowest BCUT2D eigenvalue weighted by Gasteiger charge is -2.35. The highest BCUT2D eigenvalue weighted by Crippen LogP contribution is 2.29. The third-order valence-corrected chi connectivity index (χ3v) is 4.36. The van der Waals surface area contributed by atoms with Crippen LogP contribution in [-0.4, -0.2) is 46.5 Å². The summed E-state index contributed by atoms with van der Waals surface area (Å²) < 4.78 is 39.4. The molecule has 9 heteroatoms. The maximum atomic E-state index is 12.6. The summed E-state index contributed by atoms with van der Waals surface area (Å²) in [5.74, 6) is 0.358. The first kappa shape index (κ1) is 17.6. The number of rotatable bonds is 2. The highest BCUT2D eigenvalue weighted by molar-refractivity contribution is 6.31. The molecule has 0 atom stereocenters. The largest absolute Gasteiger partial charge is 0.417 e. The van der Waals surface area contributed by atoms with Gasteiger partial charge in [-0.2, -0.15) is 13.2 Å². The van der Waals surface area contributed by atoms with Crippen LogP contribution < -0.4 is 4.90 Å². The molecule has 0 unspecified atom stereocenters. The molecular weight excluding hydrogens is 357 g/mol. The molecule has 0 aromatic carbocycles. The number of carbonyl (C=O) groups is 1. The topological polar surface area (TPSA) is 41.4 Å². The van der Waals surface area contributed by atoms with Crippen molar-refractivity contribution in [2.75, 3.05) is 31.1 Å². The number of nitrogens with zero attached hydrogens (tertiary/aromatic N) is 4. The zero-order valence-corrected chi connectivity index (χ0v) is 14.2. The third-order valence-electron chi connectivity index (χ3n) is 4.16. The number of aryl methyl sites for hydroxylation is 1. The number of anilines is 1. The summed E-state index contributed by atoms with van der Waals surface area (Å²) in [4.78, 5) is 20.0. The highest BCUT2D eigenvalue weighted by Gasteiger charge is 2.31. The molecule has 1 fully saturated rings. The van der Waals surface area contributed by atoms with Crippen LogP contribution in [0.1, 0.15) is 16.1 Å². The Labute approximate surface area is 147 Å². The summed E-state index contributed by atoms with van der Waals surface area (Å²) in [5.41, 5.74) is -0.267. The van der Waals surface area contributed by atoms with Crippen molar-refractivity contribution in [2.45, 2.75) is 6.18 Å². The van der Waals surface area contributed by atoms with E-state index < -0.39 is 11.7 Å². The molecule has 2 aromatic heterocycles. The van der Waals surface area contributed by atoms with Crippen LogP contribution in [0.25, 0.3) is 0 Å². The predicted octanol–water partition coefficient (Wildman–Crippen LogP) is 3.05. The van der Waals surface area contributed by atoms with Crippen LogP contribution in [0.3, 0.4) is 0 Å². The van der Waals surface area contributed by atoms with Gasteiger partial charge in [-0.15, -0.1) is 0 Å². The molecule has 0 aliphatic carbocycles. The number of pyridine rings is 1. The summed E-state index contributed by atoms with van der Waals surface area (Å²) in [6.45, 7) is 1.93. The van der Waals surface area contributed by atoms with E-state index in [-0.39, 0.29) is 5.91 Å². The van der Waals surface area contributed by atoms with Gasteiger partial charge < -0.3 is 14.4 Å². The van der Waals surface area contributed by atoms with Crippen LogP contribution in [0.15, 0.2) is 30.6 Å². The average molecular weight is 373 g/mol. The van der Waals surface area contributed by atoms with E-state index in [1.54, 1.807) is 28.8 Å². The quantitative estimate of drug-likeness (QED) is 0.813.